The van der Waals surface area contributed by atoms with E-state index in [4.69, 9.17) is 10.5 Å². The molecule has 0 bridgehead atoms. The van der Waals surface area contributed by atoms with Crippen molar-refractivity contribution in [3.63, 3.8) is 0 Å². The molecule has 0 aliphatic rings. The third kappa shape index (κ3) is 3.71. The normalized spacial score (nSPS) is 10.4. The van der Waals surface area contributed by atoms with Gasteiger partial charge in [-0.15, -0.1) is 0 Å². The minimum absolute atomic E-state index is 0.309. The van der Waals surface area contributed by atoms with E-state index in [1.54, 1.807) is 19.2 Å². The molecule has 0 aliphatic heterocycles. The summed E-state index contributed by atoms with van der Waals surface area (Å²) in [5.41, 5.74) is 7.50. The lowest BCUT2D eigenvalue weighted by Gasteiger charge is -2.09. The lowest BCUT2D eigenvalue weighted by atomic mass is 10.2. The highest BCUT2D eigenvalue weighted by Gasteiger charge is 2.12. The van der Waals surface area contributed by atoms with Crippen LogP contribution in [0.25, 0.3) is 0 Å². The molecule has 0 atom stereocenters. The van der Waals surface area contributed by atoms with Crippen molar-refractivity contribution in [2.45, 2.75) is 13.3 Å². The van der Waals surface area contributed by atoms with E-state index in [0.717, 1.165) is 12.1 Å². The fourth-order valence-electron chi connectivity index (χ4n) is 1.91. The molecule has 7 heteroatoms. The summed E-state index contributed by atoms with van der Waals surface area (Å²) in [7, 11) is 1.90. The van der Waals surface area contributed by atoms with Crippen molar-refractivity contribution in [1.82, 2.24) is 14.8 Å². The molecule has 3 N–H and O–H groups in total. The average Bonchev–Trinajstić information content (AvgIpc) is 2.86. The zero-order chi connectivity index (χ0) is 15.2. The predicted octanol–water partition coefficient (Wildman–Crippen LogP) is 1.23. The SMILES string of the molecule is CCOC(=O)c1cc(NCCc2ccnn2C)ncc1N. The molecule has 0 radical (unpaired) electrons. The van der Waals surface area contributed by atoms with E-state index in [0.29, 0.717) is 30.2 Å². The minimum Gasteiger partial charge on any atom is -0.462 e. The van der Waals surface area contributed by atoms with Crippen LogP contribution in [-0.2, 0) is 18.2 Å². The van der Waals surface area contributed by atoms with Gasteiger partial charge in [0.25, 0.3) is 0 Å². The van der Waals surface area contributed by atoms with Gasteiger partial charge in [-0.3, -0.25) is 4.68 Å². The number of carbonyl (C=O) groups excluding carboxylic acids is 1. The van der Waals surface area contributed by atoms with Gasteiger partial charge in [-0.1, -0.05) is 0 Å². The van der Waals surface area contributed by atoms with Crippen molar-refractivity contribution >= 4 is 17.5 Å². The van der Waals surface area contributed by atoms with Gasteiger partial charge in [0.1, 0.15) is 5.82 Å². The summed E-state index contributed by atoms with van der Waals surface area (Å²) in [5, 5.41) is 7.27. The third-order valence-corrected chi connectivity index (χ3v) is 3.04. The maximum atomic E-state index is 11.8. The van der Waals surface area contributed by atoms with Crippen LogP contribution in [0, 0.1) is 0 Å². The van der Waals surface area contributed by atoms with Crippen LogP contribution in [0.5, 0.6) is 0 Å². The van der Waals surface area contributed by atoms with Gasteiger partial charge in [0.05, 0.1) is 24.1 Å². The smallest absolute Gasteiger partial charge is 0.340 e. The van der Waals surface area contributed by atoms with E-state index in [2.05, 4.69) is 15.4 Å². The van der Waals surface area contributed by atoms with E-state index >= 15 is 0 Å². The number of esters is 1. The molecule has 0 unspecified atom stereocenters. The maximum absolute atomic E-state index is 11.8. The molecule has 0 amide bonds. The molecule has 2 aromatic rings. The fraction of sp³-hybridized carbons (Fsp3) is 0.357. The Morgan fingerprint density at radius 2 is 2.33 bits per heavy atom. The van der Waals surface area contributed by atoms with Crippen molar-refractivity contribution in [2.75, 3.05) is 24.2 Å². The lowest BCUT2D eigenvalue weighted by Crippen LogP contribution is -2.12. The number of anilines is 2. The van der Waals surface area contributed by atoms with Gasteiger partial charge >= 0.3 is 5.97 Å². The summed E-state index contributed by atoms with van der Waals surface area (Å²) >= 11 is 0. The summed E-state index contributed by atoms with van der Waals surface area (Å²) in [4.78, 5) is 15.9. The zero-order valence-electron chi connectivity index (χ0n) is 12.2. The Morgan fingerprint density at radius 3 is 3.00 bits per heavy atom. The van der Waals surface area contributed by atoms with Crippen LogP contribution in [0.3, 0.4) is 0 Å². The van der Waals surface area contributed by atoms with Gasteiger partial charge in [0, 0.05) is 31.9 Å². The summed E-state index contributed by atoms with van der Waals surface area (Å²) in [6.07, 6.45) is 4.02. The number of carbonyl (C=O) groups is 1. The zero-order valence-corrected chi connectivity index (χ0v) is 12.2. The van der Waals surface area contributed by atoms with Crippen molar-refractivity contribution in [3.05, 3.63) is 35.8 Å². The molecule has 2 heterocycles. The predicted molar refractivity (Wildman–Crippen MR) is 80.0 cm³/mol. The molecule has 112 valence electrons. The summed E-state index contributed by atoms with van der Waals surface area (Å²) in [5.74, 6) is 0.154. The van der Waals surface area contributed by atoms with Gasteiger partial charge in [0.2, 0.25) is 0 Å². The number of nitrogen functional groups attached to an aromatic ring is 1. The molecular weight excluding hydrogens is 270 g/mol. The van der Waals surface area contributed by atoms with Gasteiger partial charge < -0.3 is 15.8 Å². The molecule has 0 aromatic carbocycles. The van der Waals surface area contributed by atoms with Crippen LogP contribution in [0.15, 0.2) is 24.5 Å². The quantitative estimate of drug-likeness (QED) is 0.777. The molecule has 0 fully saturated rings. The Hall–Kier alpha value is -2.57. The average molecular weight is 289 g/mol. The Morgan fingerprint density at radius 1 is 1.52 bits per heavy atom. The van der Waals surface area contributed by atoms with Gasteiger partial charge in [0.15, 0.2) is 0 Å². The molecule has 0 spiro atoms. The third-order valence-electron chi connectivity index (χ3n) is 3.04. The summed E-state index contributed by atoms with van der Waals surface area (Å²) in [6.45, 7) is 2.74. The molecule has 0 saturated carbocycles. The van der Waals surface area contributed by atoms with Crippen LogP contribution in [0.4, 0.5) is 11.5 Å². The molecule has 0 saturated heterocycles. The van der Waals surface area contributed by atoms with E-state index in [1.165, 1.54) is 6.20 Å². The number of rotatable bonds is 6. The van der Waals surface area contributed by atoms with Crippen LogP contribution in [0.2, 0.25) is 0 Å². The van der Waals surface area contributed by atoms with Gasteiger partial charge in [-0.2, -0.15) is 5.10 Å². The van der Waals surface area contributed by atoms with E-state index < -0.39 is 5.97 Å². The minimum atomic E-state index is -0.438. The number of aromatic nitrogens is 3. The molecule has 7 nitrogen and oxygen atoms in total. The van der Waals surface area contributed by atoms with Crippen molar-refractivity contribution in [2.24, 2.45) is 7.05 Å². The monoisotopic (exact) mass is 289 g/mol. The largest absolute Gasteiger partial charge is 0.462 e. The number of nitrogens with one attached hydrogen (secondary N) is 1. The second-order valence-electron chi connectivity index (χ2n) is 4.50. The van der Waals surface area contributed by atoms with Crippen molar-refractivity contribution in [3.8, 4) is 0 Å². The van der Waals surface area contributed by atoms with E-state index in [-0.39, 0.29) is 0 Å². The number of nitrogens with two attached hydrogens (primary N) is 1. The Kier molecular flexibility index (Phi) is 4.76. The molecule has 2 rings (SSSR count). The highest BCUT2D eigenvalue weighted by molar-refractivity contribution is 5.95. The number of hydrogen-bond donors (Lipinski definition) is 2. The summed E-state index contributed by atoms with van der Waals surface area (Å²) in [6, 6.07) is 3.57. The number of pyridine rings is 1. The van der Waals surface area contributed by atoms with E-state index in [1.807, 2.05) is 17.8 Å². The molecule has 0 aliphatic carbocycles. The first-order chi connectivity index (χ1) is 10.1. The summed E-state index contributed by atoms with van der Waals surface area (Å²) < 4.78 is 6.78. The number of aryl methyl sites for hydroxylation is 1. The molecular formula is C14H19N5O2. The van der Waals surface area contributed by atoms with Crippen LogP contribution < -0.4 is 11.1 Å². The van der Waals surface area contributed by atoms with E-state index in [9.17, 15) is 4.79 Å². The first kappa shape index (κ1) is 14.8. The second-order valence-corrected chi connectivity index (χ2v) is 4.50. The topological polar surface area (TPSA) is 95.1 Å². The fourth-order valence-corrected chi connectivity index (χ4v) is 1.91. The van der Waals surface area contributed by atoms with Crippen LogP contribution in [0.1, 0.15) is 23.0 Å². The standard InChI is InChI=1S/C14H19N5O2/c1-3-21-14(20)11-8-13(17-9-12(11)15)16-6-4-10-5-7-18-19(10)2/h5,7-9H,3-4,6,15H2,1-2H3,(H,16,17). The number of hydrogen-bond acceptors (Lipinski definition) is 6. The van der Waals surface area contributed by atoms with Crippen LogP contribution >= 0.6 is 0 Å². The van der Waals surface area contributed by atoms with Gasteiger partial charge in [-0.25, -0.2) is 9.78 Å². The highest BCUT2D eigenvalue weighted by atomic mass is 16.5. The molecule has 21 heavy (non-hydrogen) atoms. The van der Waals surface area contributed by atoms with Crippen LogP contribution in [-0.4, -0.2) is 33.9 Å². The Bertz CT molecular complexity index is 624. The van der Waals surface area contributed by atoms with Crippen molar-refractivity contribution < 1.29 is 9.53 Å². The first-order valence-electron chi connectivity index (χ1n) is 6.75. The number of nitrogens with zero attached hydrogens (tertiary/aromatic N) is 3. The van der Waals surface area contributed by atoms with Crippen molar-refractivity contribution in [1.29, 1.82) is 0 Å². The Balaban J connectivity index is 1.99. The number of ether oxygens (including phenoxy) is 1. The maximum Gasteiger partial charge on any atom is 0.340 e. The second kappa shape index (κ2) is 6.74. The van der Waals surface area contributed by atoms with Gasteiger partial charge in [-0.05, 0) is 19.1 Å². The lowest BCUT2D eigenvalue weighted by molar-refractivity contribution is 0.0527. The first-order valence-corrected chi connectivity index (χ1v) is 6.75. The Labute approximate surface area is 123 Å². The molecule has 2 aromatic heterocycles. The highest BCUT2D eigenvalue weighted by Crippen LogP contribution is 2.16.